The molecule has 1 saturated heterocycles. The fourth-order valence-electron chi connectivity index (χ4n) is 2.22. The number of nitrogens with zero attached hydrogens (tertiary/aromatic N) is 4. The number of ketones is 1. The topological polar surface area (TPSA) is 51.0 Å². The van der Waals surface area contributed by atoms with Crippen molar-refractivity contribution in [2.75, 3.05) is 25.1 Å². The van der Waals surface area contributed by atoms with Crippen LogP contribution in [0.15, 0.2) is 6.33 Å². The first-order valence-electron chi connectivity index (χ1n) is 6.75. The second kappa shape index (κ2) is 6.52. The number of aromatic nitrogens is 3. The minimum Gasteiger partial charge on any atom is -0.297 e. The van der Waals surface area contributed by atoms with Gasteiger partial charge in [0.1, 0.15) is 12.2 Å². The zero-order valence-corrected chi connectivity index (χ0v) is 12.7. The molecule has 0 aromatic carbocycles. The van der Waals surface area contributed by atoms with Gasteiger partial charge in [0.25, 0.3) is 0 Å². The third-order valence-corrected chi connectivity index (χ3v) is 4.36. The van der Waals surface area contributed by atoms with Gasteiger partial charge in [0.15, 0.2) is 5.78 Å². The molecule has 1 aromatic heterocycles. The van der Waals surface area contributed by atoms with E-state index in [2.05, 4.69) is 28.8 Å². The molecule has 1 fully saturated rings. The van der Waals surface area contributed by atoms with Crippen LogP contribution in [0.1, 0.15) is 19.7 Å². The van der Waals surface area contributed by atoms with Crippen LogP contribution >= 0.6 is 11.8 Å². The van der Waals surface area contributed by atoms with Gasteiger partial charge in [-0.05, 0) is 13.0 Å². The van der Waals surface area contributed by atoms with E-state index in [1.807, 2.05) is 23.5 Å². The first-order valence-corrected chi connectivity index (χ1v) is 7.90. The maximum Gasteiger partial charge on any atom is 0.158 e. The zero-order chi connectivity index (χ0) is 13.8. The van der Waals surface area contributed by atoms with Crippen LogP contribution in [0.3, 0.4) is 0 Å². The number of hydrogen-bond acceptors (Lipinski definition) is 5. The van der Waals surface area contributed by atoms with Crippen molar-refractivity contribution < 1.29 is 4.79 Å². The molecule has 2 rings (SSSR count). The number of thioether (sulfide) groups is 1. The minimum absolute atomic E-state index is 0.0305. The predicted octanol–water partition coefficient (Wildman–Crippen LogP) is 1.09. The van der Waals surface area contributed by atoms with Crippen molar-refractivity contribution in [3.05, 3.63) is 12.2 Å². The lowest BCUT2D eigenvalue weighted by Crippen LogP contribution is -2.45. The van der Waals surface area contributed by atoms with Crippen molar-refractivity contribution in [2.24, 2.45) is 5.92 Å². The Balaban J connectivity index is 2.00. The molecule has 0 radical (unpaired) electrons. The lowest BCUT2D eigenvalue weighted by Gasteiger charge is -2.30. The average molecular weight is 282 g/mol. The van der Waals surface area contributed by atoms with Crippen LogP contribution < -0.4 is 0 Å². The standard InChI is InChI=1S/C13H22N4OS/c1-10(2)7-17-13(14-9-15-17)6-12(18)11-8-19-5-4-16(11)3/h9-11H,4-8H2,1-3H3. The highest BCUT2D eigenvalue weighted by Crippen LogP contribution is 2.16. The summed E-state index contributed by atoms with van der Waals surface area (Å²) < 4.78 is 1.86. The molecule has 6 heteroatoms. The van der Waals surface area contributed by atoms with Crippen molar-refractivity contribution in [1.29, 1.82) is 0 Å². The zero-order valence-electron chi connectivity index (χ0n) is 11.9. The maximum absolute atomic E-state index is 12.4. The van der Waals surface area contributed by atoms with E-state index >= 15 is 0 Å². The molecule has 0 spiro atoms. The maximum atomic E-state index is 12.4. The number of carbonyl (C=O) groups excluding carboxylic acids is 1. The van der Waals surface area contributed by atoms with Gasteiger partial charge in [0.05, 0.1) is 12.5 Å². The molecule has 0 amide bonds. The highest BCUT2D eigenvalue weighted by atomic mass is 32.2. The number of rotatable bonds is 5. The van der Waals surface area contributed by atoms with E-state index < -0.39 is 0 Å². The SMILES string of the molecule is CC(C)Cn1ncnc1CC(=O)C1CSCCN1C. The van der Waals surface area contributed by atoms with E-state index in [0.717, 1.165) is 30.4 Å². The normalized spacial score (nSPS) is 20.9. The lowest BCUT2D eigenvalue weighted by molar-refractivity contribution is -0.122. The molecule has 5 nitrogen and oxygen atoms in total. The molecule has 1 aromatic rings. The van der Waals surface area contributed by atoms with Gasteiger partial charge in [0.2, 0.25) is 0 Å². The Bertz CT molecular complexity index is 432. The number of Topliss-reactive ketones (excluding diaryl/α,β-unsaturated/α-hetero) is 1. The molecular weight excluding hydrogens is 260 g/mol. The van der Waals surface area contributed by atoms with Crippen LogP contribution in [-0.2, 0) is 17.8 Å². The summed E-state index contributed by atoms with van der Waals surface area (Å²) in [6, 6.07) is 0.0305. The van der Waals surface area contributed by atoms with E-state index in [0.29, 0.717) is 12.3 Å². The van der Waals surface area contributed by atoms with Crippen molar-refractivity contribution in [3.63, 3.8) is 0 Å². The largest absolute Gasteiger partial charge is 0.297 e. The lowest BCUT2D eigenvalue weighted by atomic mass is 10.1. The number of carbonyl (C=O) groups is 1. The van der Waals surface area contributed by atoms with Crippen molar-refractivity contribution in [1.82, 2.24) is 19.7 Å². The highest BCUT2D eigenvalue weighted by Gasteiger charge is 2.27. The van der Waals surface area contributed by atoms with Crippen LogP contribution in [0.5, 0.6) is 0 Å². The van der Waals surface area contributed by atoms with Crippen LogP contribution in [0.2, 0.25) is 0 Å². The summed E-state index contributed by atoms with van der Waals surface area (Å²) in [5.41, 5.74) is 0. The smallest absolute Gasteiger partial charge is 0.158 e. The monoisotopic (exact) mass is 282 g/mol. The van der Waals surface area contributed by atoms with Gasteiger partial charge in [0, 0.05) is 24.6 Å². The van der Waals surface area contributed by atoms with Gasteiger partial charge in [-0.15, -0.1) is 0 Å². The van der Waals surface area contributed by atoms with Gasteiger partial charge in [-0.1, -0.05) is 13.8 Å². The van der Waals surface area contributed by atoms with E-state index in [4.69, 9.17) is 0 Å². The second-order valence-corrected chi connectivity index (χ2v) is 6.62. The van der Waals surface area contributed by atoms with Crippen molar-refractivity contribution >= 4 is 17.5 Å². The Morgan fingerprint density at radius 1 is 1.58 bits per heavy atom. The molecule has 0 saturated carbocycles. The summed E-state index contributed by atoms with van der Waals surface area (Å²) in [4.78, 5) is 18.8. The fourth-order valence-corrected chi connectivity index (χ4v) is 3.47. The molecule has 0 bridgehead atoms. The van der Waals surface area contributed by atoms with Gasteiger partial charge in [-0.3, -0.25) is 9.69 Å². The van der Waals surface area contributed by atoms with Crippen LogP contribution in [0.4, 0.5) is 0 Å². The molecule has 1 atom stereocenters. The molecule has 106 valence electrons. The summed E-state index contributed by atoms with van der Waals surface area (Å²) in [5, 5.41) is 4.21. The molecule has 0 N–H and O–H groups in total. The highest BCUT2D eigenvalue weighted by molar-refractivity contribution is 7.99. The predicted molar refractivity (Wildman–Crippen MR) is 77.3 cm³/mol. The second-order valence-electron chi connectivity index (χ2n) is 5.47. The summed E-state index contributed by atoms with van der Waals surface area (Å²) in [7, 11) is 2.03. The van der Waals surface area contributed by atoms with Gasteiger partial charge in [-0.2, -0.15) is 16.9 Å². The van der Waals surface area contributed by atoms with Crippen molar-refractivity contribution in [2.45, 2.75) is 32.9 Å². The molecule has 1 aliphatic rings. The van der Waals surface area contributed by atoms with Gasteiger partial charge in [-0.25, -0.2) is 9.67 Å². The molecule has 1 aliphatic heterocycles. The van der Waals surface area contributed by atoms with E-state index in [1.54, 1.807) is 6.33 Å². The third kappa shape index (κ3) is 3.79. The first-order chi connectivity index (χ1) is 9.08. The Kier molecular flexibility index (Phi) is 4.99. The van der Waals surface area contributed by atoms with Crippen LogP contribution in [0.25, 0.3) is 0 Å². The third-order valence-electron chi connectivity index (χ3n) is 3.33. The quantitative estimate of drug-likeness (QED) is 0.809. The van der Waals surface area contributed by atoms with E-state index in [9.17, 15) is 4.79 Å². The van der Waals surface area contributed by atoms with Crippen molar-refractivity contribution in [3.8, 4) is 0 Å². The Morgan fingerprint density at radius 3 is 3.05 bits per heavy atom. The summed E-state index contributed by atoms with van der Waals surface area (Å²) >= 11 is 1.86. The van der Waals surface area contributed by atoms with Gasteiger partial charge < -0.3 is 0 Å². The molecule has 1 unspecified atom stereocenters. The molecule has 0 aliphatic carbocycles. The van der Waals surface area contributed by atoms with E-state index in [1.165, 1.54) is 0 Å². The van der Waals surface area contributed by atoms with E-state index in [-0.39, 0.29) is 11.8 Å². The minimum atomic E-state index is 0.0305. The Labute approximate surface area is 118 Å². The average Bonchev–Trinajstić information content (AvgIpc) is 2.76. The van der Waals surface area contributed by atoms with Gasteiger partial charge >= 0.3 is 0 Å². The summed E-state index contributed by atoms with van der Waals surface area (Å²) in [6.45, 7) is 6.08. The molecular formula is C13H22N4OS. The Hall–Kier alpha value is -0.880. The number of hydrogen-bond donors (Lipinski definition) is 0. The Morgan fingerprint density at radius 2 is 2.37 bits per heavy atom. The first kappa shape index (κ1) is 14.5. The number of likely N-dealkylation sites (N-methyl/N-ethyl adjacent to an activating group) is 1. The summed E-state index contributed by atoms with van der Waals surface area (Å²) in [6.07, 6.45) is 1.94. The summed E-state index contributed by atoms with van der Waals surface area (Å²) in [5.74, 6) is 3.57. The fraction of sp³-hybridized carbons (Fsp3) is 0.769. The molecule has 19 heavy (non-hydrogen) atoms. The van der Waals surface area contributed by atoms with Crippen LogP contribution in [-0.4, -0.2) is 56.6 Å². The van der Waals surface area contributed by atoms with Crippen LogP contribution in [0, 0.1) is 5.92 Å². The molecule has 2 heterocycles.